The van der Waals surface area contributed by atoms with Gasteiger partial charge in [0.2, 0.25) is 10.0 Å². The van der Waals surface area contributed by atoms with Gasteiger partial charge in [-0.05, 0) is 31.0 Å². The fraction of sp³-hybridized carbons (Fsp3) is 0.400. The van der Waals surface area contributed by atoms with Crippen molar-refractivity contribution in [1.82, 2.24) is 9.71 Å². The third-order valence-corrected chi connectivity index (χ3v) is 6.34. The van der Waals surface area contributed by atoms with Crippen LogP contribution < -0.4 is 9.62 Å². The SMILES string of the molecule is O=S(=O)(NCCc1csc(N2CCCC2)n1)c1cccc(Cl)c1. The predicted octanol–water partition coefficient (Wildman–Crippen LogP) is 2.92. The van der Waals surface area contributed by atoms with Crippen molar-refractivity contribution in [3.05, 3.63) is 40.4 Å². The molecule has 1 aromatic heterocycles. The number of nitrogens with zero attached hydrogens (tertiary/aromatic N) is 2. The summed E-state index contributed by atoms with van der Waals surface area (Å²) in [5.74, 6) is 0. The number of nitrogens with one attached hydrogen (secondary N) is 1. The third kappa shape index (κ3) is 4.23. The summed E-state index contributed by atoms with van der Waals surface area (Å²) >= 11 is 7.46. The minimum absolute atomic E-state index is 0.182. The van der Waals surface area contributed by atoms with E-state index in [1.165, 1.54) is 25.0 Å². The van der Waals surface area contributed by atoms with E-state index in [0.717, 1.165) is 23.9 Å². The highest BCUT2D eigenvalue weighted by Crippen LogP contribution is 2.24. The number of halogens is 1. The Morgan fingerprint density at radius 2 is 2.09 bits per heavy atom. The van der Waals surface area contributed by atoms with Crippen LogP contribution in [0.25, 0.3) is 0 Å². The second-order valence-corrected chi connectivity index (χ2v) is 8.46. The number of anilines is 1. The molecule has 2 aromatic rings. The van der Waals surface area contributed by atoms with Crippen LogP contribution in [0.2, 0.25) is 5.02 Å². The maximum atomic E-state index is 12.2. The molecule has 0 unspecified atom stereocenters. The van der Waals surface area contributed by atoms with E-state index in [1.54, 1.807) is 23.5 Å². The predicted molar refractivity (Wildman–Crippen MR) is 93.9 cm³/mol. The number of aromatic nitrogens is 1. The fourth-order valence-corrected chi connectivity index (χ4v) is 4.74. The Morgan fingerprint density at radius 1 is 1.30 bits per heavy atom. The molecule has 0 atom stereocenters. The summed E-state index contributed by atoms with van der Waals surface area (Å²) in [6, 6.07) is 6.25. The first-order valence-electron chi connectivity index (χ1n) is 7.49. The van der Waals surface area contributed by atoms with Crippen LogP contribution >= 0.6 is 22.9 Å². The molecule has 5 nitrogen and oxygen atoms in total. The zero-order chi connectivity index (χ0) is 16.3. The molecule has 2 heterocycles. The number of hydrogen-bond donors (Lipinski definition) is 1. The van der Waals surface area contributed by atoms with Crippen molar-refractivity contribution in [2.75, 3.05) is 24.5 Å². The Morgan fingerprint density at radius 3 is 2.83 bits per heavy atom. The van der Waals surface area contributed by atoms with Crippen molar-refractivity contribution < 1.29 is 8.42 Å². The minimum atomic E-state index is -3.53. The monoisotopic (exact) mass is 371 g/mol. The molecule has 0 bridgehead atoms. The normalized spacial score (nSPS) is 15.3. The van der Waals surface area contributed by atoms with Crippen molar-refractivity contribution in [3.63, 3.8) is 0 Å². The van der Waals surface area contributed by atoms with Gasteiger partial charge in [0.25, 0.3) is 0 Å². The molecule has 0 saturated carbocycles. The second-order valence-electron chi connectivity index (χ2n) is 5.42. The molecule has 1 fully saturated rings. The van der Waals surface area contributed by atoms with Crippen LogP contribution in [-0.2, 0) is 16.4 Å². The molecule has 3 rings (SSSR count). The van der Waals surface area contributed by atoms with Crippen molar-refractivity contribution >= 4 is 38.1 Å². The molecule has 124 valence electrons. The maximum absolute atomic E-state index is 12.2. The Bertz CT molecular complexity index is 771. The van der Waals surface area contributed by atoms with Crippen LogP contribution in [0.3, 0.4) is 0 Å². The van der Waals surface area contributed by atoms with E-state index < -0.39 is 10.0 Å². The lowest BCUT2D eigenvalue weighted by molar-refractivity contribution is 0.581. The second kappa shape index (κ2) is 7.17. The molecule has 1 N–H and O–H groups in total. The highest BCUT2D eigenvalue weighted by atomic mass is 35.5. The molecule has 0 spiro atoms. The molecule has 23 heavy (non-hydrogen) atoms. The standard InChI is InChI=1S/C15H18ClN3O2S2/c16-12-4-3-5-14(10-12)23(20,21)17-7-6-13-11-22-15(18-13)19-8-1-2-9-19/h3-5,10-11,17H,1-2,6-9H2. The summed E-state index contributed by atoms with van der Waals surface area (Å²) in [6.07, 6.45) is 3.01. The van der Waals surface area contributed by atoms with E-state index in [2.05, 4.69) is 14.6 Å². The lowest BCUT2D eigenvalue weighted by Gasteiger charge is -2.12. The van der Waals surface area contributed by atoms with E-state index >= 15 is 0 Å². The van der Waals surface area contributed by atoms with Crippen molar-refractivity contribution in [2.24, 2.45) is 0 Å². The highest BCUT2D eigenvalue weighted by molar-refractivity contribution is 7.89. The van der Waals surface area contributed by atoms with Crippen molar-refractivity contribution in [1.29, 1.82) is 0 Å². The van der Waals surface area contributed by atoms with Gasteiger partial charge < -0.3 is 4.90 Å². The zero-order valence-corrected chi connectivity index (χ0v) is 14.9. The Kier molecular flexibility index (Phi) is 5.21. The van der Waals surface area contributed by atoms with Gasteiger partial charge in [0.1, 0.15) is 0 Å². The molecule has 1 aromatic carbocycles. The van der Waals surface area contributed by atoms with Gasteiger partial charge in [0.15, 0.2) is 5.13 Å². The number of hydrogen-bond acceptors (Lipinski definition) is 5. The molecular formula is C15H18ClN3O2S2. The van der Waals surface area contributed by atoms with Crippen molar-refractivity contribution in [2.45, 2.75) is 24.2 Å². The first kappa shape index (κ1) is 16.7. The summed E-state index contributed by atoms with van der Waals surface area (Å²) in [6.45, 7) is 2.45. The lowest BCUT2D eigenvalue weighted by Crippen LogP contribution is -2.26. The number of rotatable bonds is 6. The quantitative estimate of drug-likeness (QED) is 0.848. The van der Waals surface area contributed by atoms with Gasteiger partial charge in [-0.25, -0.2) is 18.1 Å². The molecule has 0 amide bonds. The van der Waals surface area contributed by atoms with Crippen LogP contribution in [0.15, 0.2) is 34.5 Å². The number of thiazole rings is 1. The smallest absolute Gasteiger partial charge is 0.240 e. The van der Waals surface area contributed by atoms with Gasteiger partial charge in [-0.2, -0.15) is 0 Å². The number of benzene rings is 1. The van der Waals surface area contributed by atoms with Gasteiger partial charge in [0.05, 0.1) is 10.6 Å². The van der Waals surface area contributed by atoms with Crippen molar-refractivity contribution in [3.8, 4) is 0 Å². The zero-order valence-electron chi connectivity index (χ0n) is 12.5. The molecule has 0 radical (unpaired) electrons. The maximum Gasteiger partial charge on any atom is 0.240 e. The summed E-state index contributed by atoms with van der Waals surface area (Å²) in [7, 11) is -3.53. The summed E-state index contributed by atoms with van der Waals surface area (Å²) in [4.78, 5) is 7.05. The van der Waals surface area contributed by atoms with E-state index in [1.807, 2.05) is 5.38 Å². The van der Waals surface area contributed by atoms with Crippen LogP contribution in [0.1, 0.15) is 18.5 Å². The molecule has 0 aliphatic carbocycles. The van der Waals surface area contributed by atoms with Crippen LogP contribution in [0.4, 0.5) is 5.13 Å². The van der Waals surface area contributed by atoms with Crippen LogP contribution in [0, 0.1) is 0 Å². The summed E-state index contributed by atoms with van der Waals surface area (Å²) in [5, 5.41) is 3.44. The van der Waals surface area contributed by atoms with Gasteiger partial charge in [0, 0.05) is 36.5 Å². The molecule has 8 heteroatoms. The van der Waals surface area contributed by atoms with Gasteiger partial charge in [-0.15, -0.1) is 11.3 Å². The Hall–Kier alpha value is -1.15. The van der Waals surface area contributed by atoms with E-state index in [9.17, 15) is 8.42 Å². The first-order valence-corrected chi connectivity index (χ1v) is 10.2. The summed E-state index contributed by atoms with van der Waals surface area (Å²) in [5.41, 5.74) is 0.922. The summed E-state index contributed by atoms with van der Waals surface area (Å²) < 4.78 is 27.0. The topological polar surface area (TPSA) is 62.3 Å². The van der Waals surface area contributed by atoms with Gasteiger partial charge in [-0.1, -0.05) is 17.7 Å². The first-order chi connectivity index (χ1) is 11.0. The largest absolute Gasteiger partial charge is 0.348 e. The fourth-order valence-electron chi connectivity index (χ4n) is 2.50. The van der Waals surface area contributed by atoms with Gasteiger partial charge >= 0.3 is 0 Å². The lowest BCUT2D eigenvalue weighted by atomic mass is 10.3. The number of sulfonamides is 1. The van der Waals surface area contributed by atoms with E-state index in [4.69, 9.17) is 11.6 Å². The molecule has 1 aliphatic heterocycles. The van der Waals surface area contributed by atoms with Crippen LogP contribution in [-0.4, -0.2) is 33.0 Å². The van der Waals surface area contributed by atoms with Crippen LogP contribution in [0.5, 0.6) is 0 Å². The minimum Gasteiger partial charge on any atom is -0.348 e. The Balaban J connectivity index is 1.56. The average molecular weight is 372 g/mol. The van der Waals surface area contributed by atoms with Gasteiger partial charge in [-0.3, -0.25) is 0 Å². The molecular weight excluding hydrogens is 354 g/mol. The third-order valence-electron chi connectivity index (χ3n) is 3.70. The Labute approximate surface area is 145 Å². The molecule has 1 aliphatic rings. The van der Waals surface area contributed by atoms with E-state index in [-0.39, 0.29) is 4.90 Å². The van der Waals surface area contributed by atoms with E-state index in [0.29, 0.717) is 18.0 Å². The molecule has 1 saturated heterocycles. The average Bonchev–Trinajstić information content (AvgIpc) is 3.18. The highest BCUT2D eigenvalue weighted by Gasteiger charge is 2.17.